The Kier molecular flexibility index (Phi) is 5.11. The number of nitrogens with one attached hydrogen (secondary N) is 1. The molecule has 1 aliphatic rings. The van der Waals surface area contributed by atoms with Crippen molar-refractivity contribution in [2.24, 2.45) is 0 Å². The summed E-state index contributed by atoms with van der Waals surface area (Å²) in [6.45, 7) is 2.62. The first-order valence-electron chi connectivity index (χ1n) is 7.51. The van der Waals surface area contributed by atoms with Crippen molar-refractivity contribution in [1.82, 2.24) is 10.3 Å². The van der Waals surface area contributed by atoms with Crippen LogP contribution in [0.25, 0.3) is 0 Å². The van der Waals surface area contributed by atoms with Gasteiger partial charge in [0.15, 0.2) is 0 Å². The summed E-state index contributed by atoms with van der Waals surface area (Å²) < 4.78 is 11.0. The largest absolute Gasteiger partial charge is 0.477 e. The zero-order valence-electron chi connectivity index (χ0n) is 13.0. The van der Waals surface area contributed by atoms with E-state index in [1.807, 2.05) is 13.0 Å². The number of benzene rings is 1. The van der Waals surface area contributed by atoms with Crippen molar-refractivity contribution in [3.05, 3.63) is 57.2 Å². The molecule has 0 bridgehead atoms. The first-order valence-corrected chi connectivity index (χ1v) is 8.27. The molecule has 2 heterocycles. The Hall–Kier alpha value is -1.98. The number of nitrogens with zero attached hydrogens (tertiary/aromatic N) is 1. The van der Waals surface area contributed by atoms with Gasteiger partial charge in [0.05, 0.1) is 12.2 Å². The lowest BCUT2D eigenvalue weighted by Gasteiger charge is -2.24. The van der Waals surface area contributed by atoms with E-state index in [0.29, 0.717) is 29.0 Å². The van der Waals surface area contributed by atoms with Crippen LogP contribution in [0.4, 0.5) is 4.79 Å². The molecular formula is C17H16Cl2N2O3. The number of halogens is 2. The quantitative estimate of drug-likeness (QED) is 0.871. The number of rotatable bonds is 3. The number of hydrogen-bond donors (Lipinski definition) is 1. The smallest absolute Gasteiger partial charge is 0.408 e. The normalized spacial score (nSPS) is 16.0. The Labute approximate surface area is 149 Å². The van der Waals surface area contributed by atoms with Crippen molar-refractivity contribution in [2.45, 2.75) is 26.0 Å². The summed E-state index contributed by atoms with van der Waals surface area (Å²) in [5.74, 6) is 0.512. The Morgan fingerprint density at radius 3 is 3.08 bits per heavy atom. The van der Waals surface area contributed by atoms with Crippen LogP contribution in [-0.2, 0) is 11.3 Å². The summed E-state index contributed by atoms with van der Waals surface area (Å²) in [4.78, 5) is 16.3. The highest BCUT2D eigenvalue weighted by Crippen LogP contribution is 2.32. The number of carbonyl (C=O) groups is 1. The van der Waals surface area contributed by atoms with Gasteiger partial charge in [0.25, 0.3) is 0 Å². The Bertz CT molecular complexity index is 744. The van der Waals surface area contributed by atoms with Gasteiger partial charge in [-0.15, -0.1) is 0 Å². The van der Waals surface area contributed by atoms with Gasteiger partial charge in [-0.1, -0.05) is 23.2 Å². The van der Waals surface area contributed by atoms with Gasteiger partial charge in [0, 0.05) is 29.2 Å². The minimum atomic E-state index is -0.512. The van der Waals surface area contributed by atoms with Gasteiger partial charge in [0.2, 0.25) is 5.88 Å². The maximum absolute atomic E-state index is 12.1. The molecule has 2 aromatic rings. The van der Waals surface area contributed by atoms with Crippen LogP contribution in [0, 0.1) is 6.92 Å². The number of carbonyl (C=O) groups excluding carboxylic acids is 1. The number of amides is 1. The molecule has 0 unspecified atom stereocenters. The molecule has 126 valence electrons. The monoisotopic (exact) mass is 366 g/mol. The fraction of sp³-hybridized carbons (Fsp3) is 0.294. The first kappa shape index (κ1) is 16.9. The maximum Gasteiger partial charge on any atom is 0.408 e. The topological polar surface area (TPSA) is 60.5 Å². The molecule has 0 saturated carbocycles. The molecule has 0 aliphatic carbocycles. The van der Waals surface area contributed by atoms with E-state index >= 15 is 0 Å². The Morgan fingerprint density at radius 1 is 1.46 bits per heavy atom. The third-order valence-electron chi connectivity index (χ3n) is 3.81. The lowest BCUT2D eigenvalue weighted by atomic mass is 10.1. The van der Waals surface area contributed by atoms with Crippen molar-refractivity contribution in [1.29, 1.82) is 0 Å². The van der Waals surface area contributed by atoms with Gasteiger partial charge >= 0.3 is 6.09 Å². The second-order valence-electron chi connectivity index (χ2n) is 5.47. The summed E-state index contributed by atoms with van der Waals surface area (Å²) in [5.41, 5.74) is 2.50. The lowest BCUT2D eigenvalue weighted by molar-refractivity contribution is 0.0676. The van der Waals surface area contributed by atoms with Crippen LogP contribution < -0.4 is 10.1 Å². The summed E-state index contributed by atoms with van der Waals surface area (Å²) in [7, 11) is 0. The minimum Gasteiger partial charge on any atom is -0.477 e. The third-order valence-corrected chi connectivity index (χ3v) is 4.36. The van der Waals surface area contributed by atoms with Crippen LogP contribution in [0.2, 0.25) is 10.0 Å². The van der Waals surface area contributed by atoms with Gasteiger partial charge in [-0.2, -0.15) is 0 Å². The van der Waals surface area contributed by atoms with E-state index in [-0.39, 0.29) is 12.6 Å². The minimum absolute atomic E-state index is 0.268. The molecule has 24 heavy (non-hydrogen) atoms. The van der Waals surface area contributed by atoms with Gasteiger partial charge in [-0.05, 0) is 42.3 Å². The molecule has 0 fully saturated rings. The van der Waals surface area contributed by atoms with E-state index in [9.17, 15) is 4.79 Å². The standard InChI is InChI=1S/C17H16Cl2N2O3/c1-10-7-11(18)8-14(19)13(10)9-21-17(22)24-15-4-6-23-16-12(15)3-2-5-20-16/h2-3,5,7-8,15H,4,6,9H2,1H3,(H,21,22)/t15-/m0/s1. The number of ether oxygens (including phenoxy) is 2. The van der Waals surface area contributed by atoms with E-state index in [1.165, 1.54) is 0 Å². The molecule has 1 aliphatic heterocycles. The molecule has 1 amide bonds. The number of alkyl carbamates (subject to hydrolysis) is 1. The number of pyridine rings is 1. The molecule has 0 saturated heterocycles. The zero-order valence-corrected chi connectivity index (χ0v) is 14.5. The molecule has 1 aromatic heterocycles. The second-order valence-corrected chi connectivity index (χ2v) is 6.31. The van der Waals surface area contributed by atoms with Crippen LogP contribution in [0.5, 0.6) is 5.88 Å². The Morgan fingerprint density at radius 2 is 2.29 bits per heavy atom. The van der Waals surface area contributed by atoms with E-state index in [2.05, 4.69) is 10.3 Å². The first-order chi connectivity index (χ1) is 11.5. The average Bonchev–Trinajstić information content (AvgIpc) is 2.54. The molecule has 0 spiro atoms. The molecule has 1 aromatic carbocycles. The van der Waals surface area contributed by atoms with Crippen molar-refractivity contribution < 1.29 is 14.3 Å². The van der Waals surface area contributed by atoms with E-state index in [0.717, 1.165) is 16.7 Å². The third kappa shape index (κ3) is 3.74. The SMILES string of the molecule is Cc1cc(Cl)cc(Cl)c1CNC(=O)O[C@H]1CCOc2ncccc21. The van der Waals surface area contributed by atoms with Gasteiger partial charge in [0.1, 0.15) is 6.10 Å². The number of hydrogen-bond acceptors (Lipinski definition) is 4. The van der Waals surface area contributed by atoms with Crippen LogP contribution in [0.1, 0.15) is 29.2 Å². The van der Waals surface area contributed by atoms with Crippen molar-refractivity contribution in [3.63, 3.8) is 0 Å². The second kappa shape index (κ2) is 7.28. The fourth-order valence-electron chi connectivity index (χ4n) is 2.60. The summed E-state index contributed by atoms with van der Waals surface area (Å²) in [5, 5.41) is 3.81. The van der Waals surface area contributed by atoms with Crippen LogP contribution in [0.3, 0.4) is 0 Å². The summed E-state index contributed by atoms with van der Waals surface area (Å²) in [6.07, 6.45) is 1.35. The predicted molar refractivity (Wildman–Crippen MR) is 91.6 cm³/mol. The molecule has 3 rings (SSSR count). The number of aromatic nitrogens is 1. The number of aryl methyl sites for hydroxylation is 1. The molecule has 5 nitrogen and oxygen atoms in total. The highest BCUT2D eigenvalue weighted by molar-refractivity contribution is 6.35. The fourth-order valence-corrected chi connectivity index (χ4v) is 3.26. The van der Waals surface area contributed by atoms with E-state index in [4.69, 9.17) is 32.7 Å². The lowest BCUT2D eigenvalue weighted by Crippen LogP contribution is -2.28. The molecule has 0 radical (unpaired) electrons. The van der Waals surface area contributed by atoms with Crippen molar-refractivity contribution >= 4 is 29.3 Å². The molecule has 1 N–H and O–H groups in total. The number of fused-ring (bicyclic) bond motifs is 1. The molecular weight excluding hydrogens is 351 g/mol. The van der Waals surface area contributed by atoms with Crippen LogP contribution >= 0.6 is 23.2 Å². The summed E-state index contributed by atoms with van der Waals surface area (Å²) in [6, 6.07) is 7.09. The van der Waals surface area contributed by atoms with Crippen LogP contribution in [-0.4, -0.2) is 17.7 Å². The van der Waals surface area contributed by atoms with Crippen molar-refractivity contribution in [3.8, 4) is 5.88 Å². The average molecular weight is 367 g/mol. The van der Waals surface area contributed by atoms with Gasteiger partial charge in [-0.3, -0.25) is 0 Å². The maximum atomic E-state index is 12.1. The summed E-state index contributed by atoms with van der Waals surface area (Å²) >= 11 is 12.1. The highest BCUT2D eigenvalue weighted by Gasteiger charge is 2.25. The molecule has 1 atom stereocenters. The Balaban J connectivity index is 1.63. The van der Waals surface area contributed by atoms with E-state index in [1.54, 1.807) is 24.4 Å². The van der Waals surface area contributed by atoms with E-state index < -0.39 is 6.09 Å². The zero-order chi connectivity index (χ0) is 17.1. The predicted octanol–water partition coefficient (Wildman–Crippen LogP) is 4.45. The van der Waals surface area contributed by atoms with Crippen molar-refractivity contribution in [2.75, 3.05) is 6.61 Å². The van der Waals surface area contributed by atoms with Gasteiger partial charge < -0.3 is 14.8 Å². The molecule has 7 heteroatoms. The van der Waals surface area contributed by atoms with Gasteiger partial charge in [-0.25, -0.2) is 9.78 Å². The van der Waals surface area contributed by atoms with Crippen LogP contribution in [0.15, 0.2) is 30.5 Å². The highest BCUT2D eigenvalue weighted by atomic mass is 35.5.